The van der Waals surface area contributed by atoms with E-state index in [0.717, 1.165) is 26.7 Å². The van der Waals surface area contributed by atoms with Crippen LogP contribution >= 0.6 is 38.9 Å². The van der Waals surface area contributed by atoms with Crippen LogP contribution in [-0.2, 0) is 12.0 Å². The zero-order valence-corrected chi connectivity index (χ0v) is 14.3. The molecule has 1 heterocycles. The number of thiazole rings is 1. The predicted molar refractivity (Wildman–Crippen MR) is 87.3 cm³/mol. The van der Waals surface area contributed by atoms with E-state index in [4.69, 9.17) is 11.6 Å². The van der Waals surface area contributed by atoms with Crippen LogP contribution in [0, 0.1) is 0 Å². The zero-order chi connectivity index (χ0) is 14.0. The van der Waals surface area contributed by atoms with E-state index >= 15 is 0 Å². The summed E-state index contributed by atoms with van der Waals surface area (Å²) in [7, 11) is 0. The van der Waals surface area contributed by atoms with Gasteiger partial charge in [-0.15, -0.1) is 11.3 Å². The van der Waals surface area contributed by atoms with Gasteiger partial charge in [0.25, 0.3) is 0 Å². The largest absolute Gasteiger partial charge is 0.379 e. The SMILES string of the molecule is CC(C)(C)c1ncc(CNc2cc(Cl)ccc2Br)s1. The summed E-state index contributed by atoms with van der Waals surface area (Å²) in [6.45, 7) is 7.29. The van der Waals surface area contributed by atoms with Gasteiger partial charge < -0.3 is 5.32 Å². The minimum absolute atomic E-state index is 0.111. The number of hydrogen-bond acceptors (Lipinski definition) is 3. The molecule has 2 rings (SSSR count). The molecule has 0 saturated carbocycles. The normalized spacial score (nSPS) is 11.6. The topological polar surface area (TPSA) is 24.9 Å². The van der Waals surface area contributed by atoms with Gasteiger partial charge in [0.15, 0.2) is 0 Å². The van der Waals surface area contributed by atoms with Crippen molar-refractivity contribution in [2.24, 2.45) is 0 Å². The molecule has 0 radical (unpaired) electrons. The maximum Gasteiger partial charge on any atom is 0.0981 e. The van der Waals surface area contributed by atoms with Crippen molar-refractivity contribution in [2.45, 2.75) is 32.7 Å². The van der Waals surface area contributed by atoms with Gasteiger partial charge in [0.2, 0.25) is 0 Å². The van der Waals surface area contributed by atoms with Gasteiger partial charge in [0.05, 0.1) is 17.2 Å². The maximum absolute atomic E-state index is 5.99. The Hall–Kier alpha value is -0.580. The Kier molecular flexibility index (Phi) is 4.54. The number of nitrogens with zero attached hydrogens (tertiary/aromatic N) is 1. The summed E-state index contributed by atoms with van der Waals surface area (Å²) < 4.78 is 1.01. The van der Waals surface area contributed by atoms with Gasteiger partial charge in [-0.1, -0.05) is 32.4 Å². The minimum atomic E-state index is 0.111. The summed E-state index contributed by atoms with van der Waals surface area (Å²) in [6.07, 6.45) is 1.94. The van der Waals surface area contributed by atoms with E-state index in [1.807, 2.05) is 24.4 Å². The lowest BCUT2D eigenvalue weighted by atomic mass is 9.98. The van der Waals surface area contributed by atoms with Crippen LogP contribution in [0.1, 0.15) is 30.7 Å². The highest BCUT2D eigenvalue weighted by Crippen LogP contribution is 2.29. The van der Waals surface area contributed by atoms with Crippen LogP contribution in [0.2, 0.25) is 5.02 Å². The Morgan fingerprint density at radius 3 is 2.74 bits per heavy atom. The van der Waals surface area contributed by atoms with Crippen LogP contribution < -0.4 is 5.32 Å². The summed E-state index contributed by atoms with van der Waals surface area (Å²) in [5, 5.41) is 5.26. The third kappa shape index (κ3) is 3.94. The van der Waals surface area contributed by atoms with Crippen molar-refractivity contribution in [1.82, 2.24) is 4.98 Å². The lowest BCUT2D eigenvalue weighted by Crippen LogP contribution is -2.09. The molecule has 1 N–H and O–H groups in total. The van der Waals surface area contributed by atoms with Crippen molar-refractivity contribution >= 4 is 44.6 Å². The summed E-state index contributed by atoms with van der Waals surface area (Å²) >= 11 is 11.2. The van der Waals surface area contributed by atoms with Crippen molar-refractivity contribution in [3.05, 3.63) is 43.8 Å². The Morgan fingerprint density at radius 2 is 2.11 bits per heavy atom. The lowest BCUT2D eigenvalue weighted by Gasteiger charge is -2.13. The highest BCUT2D eigenvalue weighted by molar-refractivity contribution is 9.10. The van der Waals surface area contributed by atoms with E-state index in [-0.39, 0.29) is 5.41 Å². The molecule has 2 aromatic rings. The first-order valence-corrected chi connectivity index (χ1v) is 7.99. The molecule has 0 unspecified atom stereocenters. The molecule has 0 fully saturated rings. The van der Waals surface area contributed by atoms with E-state index in [1.165, 1.54) is 4.88 Å². The average molecular weight is 360 g/mol. The highest BCUT2D eigenvalue weighted by Gasteiger charge is 2.17. The Morgan fingerprint density at radius 1 is 1.37 bits per heavy atom. The maximum atomic E-state index is 5.99. The molecule has 0 saturated heterocycles. The molecule has 102 valence electrons. The van der Waals surface area contributed by atoms with Gasteiger partial charge in [-0.25, -0.2) is 4.98 Å². The molecule has 2 nitrogen and oxygen atoms in total. The van der Waals surface area contributed by atoms with Crippen molar-refractivity contribution in [3.63, 3.8) is 0 Å². The fourth-order valence-corrected chi connectivity index (χ4v) is 3.02. The van der Waals surface area contributed by atoms with Gasteiger partial charge in [0, 0.05) is 26.0 Å². The van der Waals surface area contributed by atoms with E-state index in [0.29, 0.717) is 0 Å². The first-order valence-electron chi connectivity index (χ1n) is 6.00. The van der Waals surface area contributed by atoms with Gasteiger partial charge >= 0.3 is 0 Å². The molecule has 1 aromatic heterocycles. The van der Waals surface area contributed by atoms with Crippen LogP contribution in [0.15, 0.2) is 28.9 Å². The molecule has 0 atom stereocenters. The summed E-state index contributed by atoms with van der Waals surface area (Å²) in [6, 6.07) is 5.72. The Balaban J connectivity index is 2.06. The molecule has 1 aromatic carbocycles. The molecule has 5 heteroatoms. The number of anilines is 1. The van der Waals surface area contributed by atoms with Crippen LogP contribution in [0.25, 0.3) is 0 Å². The fourth-order valence-electron chi connectivity index (χ4n) is 1.55. The Labute approximate surface area is 131 Å². The van der Waals surface area contributed by atoms with E-state index in [1.54, 1.807) is 11.3 Å². The summed E-state index contributed by atoms with van der Waals surface area (Å²) in [4.78, 5) is 5.70. The van der Waals surface area contributed by atoms with Crippen molar-refractivity contribution in [1.29, 1.82) is 0 Å². The average Bonchev–Trinajstić information content (AvgIpc) is 2.79. The molecule has 0 bridgehead atoms. The summed E-state index contributed by atoms with van der Waals surface area (Å²) in [5.41, 5.74) is 1.11. The second-order valence-electron chi connectivity index (χ2n) is 5.36. The van der Waals surface area contributed by atoms with E-state index in [2.05, 4.69) is 47.0 Å². The lowest BCUT2D eigenvalue weighted by molar-refractivity contribution is 0.585. The first-order chi connectivity index (χ1) is 8.86. The number of rotatable bonds is 3. The minimum Gasteiger partial charge on any atom is -0.379 e. The monoisotopic (exact) mass is 358 g/mol. The number of benzene rings is 1. The molecule has 0 amide bonds. The second kappa shape index (κ2) is 5.81. The number of nitrogens with one attached hydrogen (secondary N) is 1. The quantitative estimate of drug-likeness (QED) is 0.786. The van der Waals surface area contributed by atoms with Gasteiger partial charge in [-0.3, -0.25) is 0 Å². The third-order valence-corrected chi connectivity index (χ3v) is 4.93. The Bertz CT molecular complexity index is 575. The van der Waals surface area contributed by atoms with Crippen molar-refractivity contribution in [3.8, 4) is 0 Å². The molecule has 0 aliphatic rings. The molecule has 0 aliphatic heterocycles. The number of aromatic nitrogens is 1. The molecular formula is C14H16BrClN2S. The molecule has 0 spiro atoms. The van der Waals surface area contributed by atoms with Gasteiger partial charge in [-0.2, -0.15) is 0 Å². The van der Waals surface area contributed by atoms with Crippen LogP contribution in [0.3, 0.4) is 0 Å². The predicted octanol–water partition coefficient (Wildman–Crippen LogP) is 5.47. The zero-order valence-electron chi connectivity index (χ0n) is 11.1. The van der Waals surface area contributed by atoms with E-state index in [9.17, 15) is 0 Å². The van der Waals surface area contributed by atoms with Crippen molar-refractivity contribution < 1.29 is 0 Å². The standard InChI is InChI=1S/C14H16BrClN2S/c1-14(2,3)13-18-8-10(19-13)7-17-12-6-9(16)4-5-11(12)15/h4-6,8,17H,7H2,1-3H3. The van der Waals surface area contributed by atoms with E-state index < -0.39 is 0 Å². The molecule has 19 heavy (non-hydrogen) atoms. The first kappa shape index (κ1) is 14.8. The third-order valence-electron chi connectivity index (χ3n) is 2.58. The van der Waals surface area contributed by atoms with Gasteiger partial charge in [-0.05, 0) is 34.1 Å². The van der Waals surface area contributed by atoms with Crippen LogP contribution in [-0.4, -0.2) is 4.98 Å². The second-order valence-corrected chi connectivity index (χ2v) is 7.77. The number of halogens is 2. The summed E-state index contributed by atoms with van der Waals surface area (Å²) in [5.74, 6) is 0. The molecule has 0 aliphatic carbocycles. The fraction of sp³-hybridized carbons (Fsp3) is 0.357. The van der Waals surface area contributed by atoms with Crippen LogP contribution in [0.4, 0.5) is 5.69 Å². The van der Waals surface area contributed by atoms with Crippen LogP contribution in [0.5, 0.6) is 0 Å². The molecular weight excluding hydrogens is 344 g/mol. The van der Waals surface area contributed by atoms with Gasteiger partial charge in [0.1, 0.15) is 0 Å². The van der Waals surface area contributed by atoms with Crippen molar-refractivity contribution in [2.75, 3.05) is 5.32 Å². The smallest absolute Gasteiger partial charge is 0.0981 e. The number of hydrogen-bond donors (Lipinski definition) is 1. The highest BCUT2D eigenvalue weighted by atomic mass is 79.9.